The van der Waals surface area contributed by atoms with E-state index in [1.54, 1.807) is 12.1 Å². The molecule has 6 rings (SSSR count). The molecule has 1 heterocycles. The summed E-state index contributed by atoms with van der Waals surface area (Å²) in [4.78, 5) is 20.2. The molecule has 0 bridgehead atoms. The quantitative estimate of drug-likeness (QED) is 0.0950. The topological polar surface area (TPSA) is 85.0 Å². The van der Waals surface area contributed by atoms with Crippen LogP contribution in [0.15, 0.2) is 131 Å². The maximum atomic E-state index is 14.5. The highest BCUT2D eigenvalue weighted by molar-refractivity contribution is 7.99. The molecule has 14 heteroatoms. The van der Waals surface area contributed by atoms with Gasteiger partial charge in [0, 0.05) is 84.0 Å². The average molecular weight is 865 g/mol. The van der Waals surface area contributed by atoms with Crippen molar-refractivity contribution in [2.75, 3.05) is 55.7 Å². The lowest BCUT2D eigenvalue weighted by atomic mass is 9.99. The second-order valence-electron chi connectivity index (χ2n) is 14.9. The predicted molar refractivity (Wildman–Crippen MR) is 234 cm³/mol. The van der Waals surface area contributed by atoms with Gasteiger partial charge in [-0.05, 0) is 111 Å². The molecule has 0 aromatic heterocycles. The Morgan fingerprint density at radius 2 is 1.53 bits per heavy atom. The van der Waals surface area contributed by atoms with Gasteiger partial charge in [0.05, 0.1) is 10.5 Å². The Morgan fingerprint density at radius 3 is 2.19 bits per heavy atom. The molecule has 0 radical (unpaired) electrons. The maximum absolute atomic E-state index is 14.5. The third kappa shape index (κ3) is 12.0. The van der Waals surface area contributed by atoms with E-state index in [1.807, 2.05) is 92.3 Å². The zero-order valence-electron chi connectivity index (χ0n) is 33.3. The highest BCUT2D eigenvalue weighted by atomic mass is 35.5. The summed E-state index contributed by atoms with van der Waals surface area (Å²) in [5, 5.41) is 3.75. The first-order chi connectivity index (χ1) is 28.2. The number of carbonyl (C=O) groups excluding carboxylic acids is 1. The molecule has 0 aliphatic carbocycles. The fourth-order valence-electron chi connectivity index (χ4n) is 6.84. The van der Waals surface area contributed by atoms with Gasteiger partial charge in [-0.1, -0.05) is 66.2 Å². The van der Waals surface area contributed by atoms with Crippen LogP contribution in [-0.2, 0) is 22.7 Å². The van der Waals surface area contributed by atoms with Crippen molar-refractivity contribution >= 4 is 50.7 Å². The van der Waals surface area contributed by atoms with Crippen LogP contribution < -0.4 is 14.9 Å². The number of rotatable bonds is 16. The second-order valence-corrected chi connectivity index (χ2v) is 18.2. The minimum absolute atomic E-state index is 0.0641. The molecule has 2 N–H and O–H groups in total. The lowest BCUT2D eigenvalue weighted by Gasteiger charge is -2.36. The van der Waals surface area contributed by atoms with Crippen LogP contribution in [0.25, 0.3) is 11.1 Å². The van der Waals surface area contributed by atoms with Gasteiger partial charge in [-0.2, -0.15) is 13.2 Å². The number of hydrogen-bond acceptors (Lipinski definition) is 8. The minimum atomic E-state index is -4.87. The molecule has 8 nitrogen and oxygen atoms in total. The minimum Gasteiger partial charge on any atom is -0.381 e. The van der Waals surface area contributed by atoms with E-state index in [0.717, 1.165) is 66.6 Å². The van der Waals surface area contributed by atoms with Crippen molar-refractivity contribution in [2.24, 2.45) is 0 Å². The molecule has 1 aliphatic heterocycles. The highest BCUT2D eigenvalue weighted by Gasteiger charge is 2.36. The fourth-order valence-corrected chi connectivity index (χ4v) is 8.96. The van der Waals surface area contributed by atoms with E-state index >= 15 is 0 Å². The van der Waals surface area contributed by atoms with Crippen LogP contribution in [0.1, 0.15) is 41.8 Å². The smallest absolute Gasteiger partial charge is 0.381 e. The normalized spacial score (nSPS) is 14.4. The van der Waals surface area contributed by atoms with E-state index < -0.39 is 32.6 Å². The number of carbonyl (C=O) groups is 1. The van der Waals surface area contributed by atoms with Crippen LogP contribution in [0.3, 0.4) is 0 Å². The lowest BCUT2D eigenvalue weighted by molar-refractivity contribution is -0.137. The summed E-state index contributed by atoms with van der Waals surface area (Å²) in [6, 6.07) is 35.0. The van der Waals surface area contributed by atoms with E-state index in [2.05, 4.69) is 32.1 Å². The van der Waals surface area contributed by atoms with E-state index in [-0.39, 0.29) is 23.3 Å². The van der Waals surface area contributed by atoms with Crippen molar-refractivity contribution in [1.29, 1.82) is 0 Å². The van der Waals surface area contributed by atoms with Gasteiger partial charge in [-0.25, -0.2) is 13.1 Å². The van der Waals surface area contributed by atoms with Gasteiger partial charge in [-0.15, -0.1) is 11.8 Å². The molecule has 1 atom stereocenters. The summed E-state index contributed by atoms with van der Waals surface area (Å²) >= 11 is 7.64. The summed E-state index contributed by atoms with van der Waals surface area (Å²) < 4.78 is 72.3. The van der Waals surface area contributed by atoms with Crippen LogP contribution >= 0.6 is 23.4 Å². The largest absolute Gasteiger partial charge is 0.418 e. The number of anilines is 2. The van der Waals surface area contributed by atoms with Crippen molar-refractivity contribution < 1.29 is 26.4 Å². The summed E-state index contributed by atoms with van der Waals surface area (Å²) in [6.45, 7) is 8.64. The number of hydrogen-bond donors (Lipinski definition) is 2. The molecule has 1 aliphatic rings. The number of halogens is 4. The van der Waals surface area contributed by atoms with E-state index in [4.69, 9.17) is 11.6 Å². The molecule has 0 spiro atoms. The standard InChI is InChI=1S/C45H49ClF3N5O3S2/c1-32(2)52(3)24-23-37(31-58-39-10-5-4-6-11-39)50-43-22-21-40(29-42(43)45(47,48)49)59(56,57)51-44(55)34-15-19-38(20-16-34)54-27-25-53(26-28-54)30-35-9-7-8-12-41(35)33-13-17-36(46)18-14-33/h4-22,29,32,37,50H,23-28,30-31H2,1-3H3,(H,51,55)/t37-/m1/s1. The zero-order valence-corrected chi connectivity index (χ0v) is 35.6. The molecule has 0 saturated carbocycles. The van der Waals surface area contributed by atoms with Crippen molar-refractivity contribution in [3.8, 4) is 11.1 Å². The molecule has 1 fully saturated rings. The Labute approximate surface area is 354 Å². The summed E-state index contributed by atoms with van der Waals surface area (Å²) in [5.74, 6) is -0.456. The van der Waals surface area contributed by atoms with Gasteiger partial charge in [0.2, 0.25) is 0 Å². The highest BCUT2D eigenvalue weighted by Crippen LogP contribution is 2.37. The summed E-state index contributed by atoms with van der Waals surface area (Å²) in [6.07, 6.45) is -4.31. The molecular weight excluding hydrogens is 815 g/mol. The van der Waals surface area contributed by atoms with Gasteiger partial charge >= 0.3 is 6.18 Å². The third-order valence-corrected chi connectivity index (χ3v) is 13.3. The van der Waals surface area contributed by atoms with Crippen molar-refractivity contribution in [3.05, 3.63) is 143 Å². The fraction of sp³-hybridized carbons (Fsp3) is 0.311. The van der Waals surface area contributed by atoms with Gasteiger partial charge in [-0.3, -0.25) is 9.69 Å². The van der Waals surface area contributed by atoms with Crippen LogP contribution in [0, 0.1) is 0 Å². The number of nitrogens with one attached hydrogen (secondary N) is 2. The van der Waals surface area contributed by atoms with Gasteiger partial charge < -0.3 is 15.1 Å². The van der Waals surface area contributed by atoms with Gasteiger partial charge in [0.25, 0.3) is 15.9 Å². The molecule has 312 valence electrons. The molecule has 1 amide bonds. The van der Waals surface area contributed by atoms with E-state index in [9.17, 15) is 26.4 Å². The van der Waals surface area contributed by atoms with Crippen molar-refractivity contribution in [3.63, 3.8) is 0 Å². The molecule has 1 saturated heterocycles. The SMILES string of the molecule is CC(C)N(C)CC[C@H](CSc1ccccc1)Nc1ccc(S(=O)(=O)NC(=O)c2ccc(N3CCN(Cc4ccccc4-c4ccc(Cl)cc4)CC3)cc2)cc1C(F)(F)F. The number of amides is 1. The Balaban J connectivity index is 1.08. The summed E-state index contributed by atoms with van der Waals surface area (Å²) in [5.41, 5.74) is 3.07. The first kappa shape index (κ1) is 44.0. The first-order valence-corrected chi connectivity index (χ1v) is 22.3. The second kappa shape index (κ2) is 19.7. The van der Waals surface area contributed by atoms with Crippen LogP contribution in [0.2, 0.25) is 5.02 Å². The maximum Gasteiger partial charge on any atom is 0.418 e. The number of thioether (sulfide) groups is 1. The molecule has 5 aromatic carbocycles. The van der Waals surface area contributed by atoms with Crippen LogP contribution in [0.5, 0.6) is 0 Å². The number of sulfonamides is 1. The Bertz CT molecular complexity index is 2270. The zero-order chi connectivity index (χ0) is 42.2. The lowest BCUT2D eigenvalue weighted by Crippen LogP contribution is -2.46. The van der Waals surface area contributed by atoms with Crippen LogP contribution in [0.4, 0.5) is 24.5 Å². The summed E-state index contributed by atoms with van der Waals surface area (Å²) in [7, 11) is -2.70. The predicted octanol–water partition coefficient (Wildman–Crippen LogP) is 9.77. The number of alkyl halides is 3. The number of nitrogens with zero attached hydrogens (tertiary/aromatic N) is 3. The van der Waals surface area contributed by atoms with E-state index in [1.165, 1.54) is 29.5 Å². The molecule has 59 heavy (non-hydrogen) atoms. The average Bonchev–Trinajstić information content (AvgIpc) is 3.22. The van der Waals surface area contributed by atoms with Crippen LogP contribution in [-0.4, -0.2) is 81.7 Å². The van der Waals surface area contributed by atoms with Gasteiger partial charge in [0.15, 0.2) is 0 Å². The molecule has 0 unspecified atom stereocenters. The Morgan fingerprint density at radius 1 is 0.864 bits per heavy atom. The Hall–Kier alpha value is -4.53. The van der Waals surface area contributed by atoms with E-state index in [0.29, 0.717) is 29.8 Å². The van der Waals surface area contributed by atoms with Gasteiger partial charge in [0.1, 0.15) is 0 Å². The Kier molecular flexibility index (Phi) is 14.7. The van der Waals surface area contributed by atoms with Crippen molar-refractivity contribution in [2.45, 2.75) is 54.9 Å². The monoisotopic (exact) mass is 863 g/mol. The third-order valence-electron chi connectivity index (χ3n) is 10.5. The molecule has 5 aromatic rings. The number of piperazine rings is 1. The number of benzene rings is 5. The van der Waals surface area contributed by atoms with Crippen molar-refractivity contribution in [1.82, 2.24) is 14.5 Å². The molecular formula is C45H49ClF3N5O3S2. The first-order valence-electron chi connectivity index (χ1n) is 19.5.